The second-order valence-electron chi connectivity index (χ2n) is 4.84. The maximum absolute atomic E-state index is 12.8. The molecule has 0 aliphatic heterocycles. The third-order valence-corrected chi connectivity index (χ3v) is 4.46. The zero-order valence-electron chi connectivity index (χ0n) is 10.5. The van der Waals surface area contributed by atoms with Gasteiger partial charge in [-0.25, -0.2) is 4.39 Å². The summed E-state index contributed by atoms with van der Waals surface area (Å²) in [4.78, 5) is 0. The van der Waals surface area contributed by atoms with E-state index >= 15 is 0 Å². The fourth-order valence-corrected chi connectivity index (χ4v) is 3.29. The number of nitrogens with zero attached hydrogens (tertiary/aromatic N) is 2. The number of benzene rings is 1. The van der Waals surface area contributed by atoms with Gasteiger partial charge in [0.05, 0.1) is 0 Å². The van der Waals surface area contributed by atoms with Crippen molar-refractivity contribution in [1.29, 1.82) is 0 Å². The van der Waals surface area contributed by atoms with Crippen LogP contribution in [0.2, 0.25) is 0 Å². The molecule has 19 heavy (non-hydrogen) atoms. The van der Waals surface area contributed by atoms with Crippen LogP contribution in [0.4, 0.5) is 4.39 Å². The molecule has 1 heterocycles. The molecule has 0 unspecified atom stereocenters. The van der Waals surface area contributed by atoms with E-state index < -0.39 is 0 Å². The van der Waals surface area contributed by atoms with Gasteiger partial charge in [0.2, 0.25) is 5.89 Å². The van der Waals surface area contributed by atoms with E-state index in [0.29, 0.717) is 11.1 Å². The average Bonchev–Trinajstić information content (AvgIpc) is 3.09. The van der Waals surface area contributed by atoms with Crippen molar-refractivity contribution < 1.29 is 8.81 Å². The van der Waals surface area contributed by atoms with E-state index in [1.807, 2.05) is 0 Å². The van der Waals surface area contributed by atoms with Crippen LogP contribution in [-0.4, -0.2) is 16.0 Å². The van der Waals surface area contributed by atoms with Crippen molar-refractivity contribution in [1.82, 2.24) is 10.2 Å². The Kier molecular flexibility index (Phi) is 3.82. The van der Waals surface area contributed by atoms with E-state index in [1.165, 1.54) is 37.8 Å². The number of aromatic nitrogens is 2. The molecule has 0 amide bonds. The highest BCUT2D eigenvalue weighted by atomic mass is 32.2. The second-order valence-corrected chi connectivity index (χ2v) is 5.81. The highest BCUT2D eigenvalue weighted by Gasteiger charge is 2.17. The van der Waals surface area contributed by atoms with Crippen molar-refractivity contribution >= 4 is 11.8 Å². The van der Waals surface area contributed by atoms with Crippen LogP contribution in [0.3, 0.4) is 0 Å². The average molecular weight is 278 g/mol. The normalized spacial score (nSPS) is 16.1. The van der Waals surface area contributed by atoms with Crippen molar-refractivity contribution in [2.75, 3.05) is 5.75 Å². The summed E-state index contributed by atoms with van der Waals surface area (Å²) in [6, 6.07) is 6.08. The van der Waals surface area contributed by atoms with E-state index in [-0.39, 0.29) is 5.82 Å². The first kappa shape index (κ1) is 12.7. The fraction of sp³-hybridized carbons (Fsp3) is 0.429. The lowest BCUT2D eigenvalue weighted by Crippen LogP contribution is -1.95. The van der Waals surface area contributed by atoms with E-state index in [9.17, 15) is 4.39 Å². The summed E-state index contributed by atoms with van der Waals surface area (Å²) < 4.78 is 18.4. The minimum absolute atomic E-state index is 0.265. The molecular weight excluding hydrogens is 263 g/mol. The molecule has 1 aromatic carbocycles. The van der Waals surface area contributed by atoms with Gasteiger partial charge in [0.1, 0.15) is 5.82 Å². The molecule has 0 N–H and O–H groups in total. The minimum Gasteiger partial charge on any atom is -0.411 e. The van der Waals surface area contributed by atoms with E-state index in [2.05, 4.69) is 10.2 Å². The predicted octanol–water partition coefficient (Wildman–Crippen LogP) is 4.16. The standard InChI is InChI=1S/C14H15FN2OS/c15-12-7-5-11(6-8-12)13-16-17-14(18-13)19-9-10-3-1-2-4-10/h5-8,10H,1-4,9H2. The van der Waals surface area contributed by atoms with E-state index in [0.717, 1.165) is 17.2 Å². The monoisotopic (exact) mass is 278 g/mol. The van der Waals surface area contributed by atoms with Crippen LogP contribution in [0.15, 0.2) is 33.9 Å². The summed E-state index contributed by atoms with van der Waals surface area (Å²) in [5.74, 6) is 2.02. The van der Waals surface area contributed by atoms with Crippen molar-refractivity contribution in [2.24, 2.45) is 5.92 Å². The molecule has 1 aromatic heterocycles. The Morgan fingerprint density at radius 1 is 1.16 bits per heavy atom. The summed E-state index contributed by atoms with van der Waals surface area (Å²) in [5.41, 5.74) is 0.751. The Labute approximate surface area is 115 Å². The third-order valence-electron chi connectivity index (χ3n) is 3.41. The lowest BCUT2D eigenvalue weighted by Gasteiger charge is -2.04. The molecule has 1 aliphatic rings. The van der Waals surface area contributed by atoms with E-state index in [1.54, 1.807) is 23.9 Å². The molecule has 1 saturated carbocycles. The van der Waals surface area contributed by atoms with Gasteiger partial charge < -0.3 is 4.42 Å². The van der Waals surface area contributed by atoms with Crippen molar-refractivity contribution in [3.8, 4) is 11.5 Å². The molecule has 0 radical (unpaired) electrons. The number of halogens is 1. The van der Waals surface area contributed by atoms with Gasteiger partial charge in [-0.15, -0.1) is 10.2 Å². The molecule has 0 spiro atoms. The third kappa shape index (κ3) is 3.15. The Hall–Kier alpha value is -1.36. The molecule has 0 bridgehead atoms. The molecule has 1 aliphatic carbocycles. The van der Waals surface area contributed by atoms with Gasteiger partial charge in [0, 0.05) is 11.3 Å². The molecule has 3 rings (SSSR count). The molecular formula is C14H15FN2OS. The Bertz CT molecular complexity index is 535. The lowest BCUT2D eigenvalue weighted by molar-refractivity contribution is 0.464. The minimum atomic E-state index is -0.265. The van der Waals surface area contributed by atoms with Gasteiger partial charge in [-0.05, 0) is 43.0 Å². The molecule has 0 atom stereocenters. The zero-order valence-corrected chi connectivity index (χ0v) is 11.3. The molecule has 0 saturated heterocycles. The number of rotatable bonds is 4. The highest BCUT2D eigenvalue weighted by Crippen LogP contribution is 2.31. The second kappa shape index (κ2) is 5.74. The summed E-state index contributed by atoms with van der Waals surface area (Å²) in [7, 11) is 0. The molecule has 100 valence electrons. The maximum atomic E-state index is 12.8. The van der Waals surface area contributed by atoms with Crippen LogP contribution >= 0.6 is 11.8 Å². The van der Waals surface area contributed by atoms with Crippen molar-refractivity contribution in [2.45, 2.75) is 30.9 Å². The summed E-state index contributed by atoms with van der Waals surface area (Å²) in [6.07, 6.45) is 5.31. The van der Waals surface area contributed by atoms with E-state index in [4.69, 9.17) is 4.42 Å². The summed E-state index contributed by atoms with van der Waals surface area (Å²) in [5, 5.41) is 8.63. The number of thioether (sulfide) groups is 1. The van der Waals surface area contributed by atoms with Crippen LogP contribution in [-0.2, 0) is 0 Å². The predicted molar refractivity (Wildman–Crippen MR) is 72.4 cm³/mol. The molecule has 2 aromatic rings. The summed E-state index contributed by atoms with van der Waals surface area (Å²) in [6.45, 7) is 0. The van der Waals surface area contributed by atoms with Gasteiger partial charge in [0.15, 0.2) is 0 Å². The quantitative estimate of drug-likeness (QED) is 0.787. The van der Waals surface area contributed by atoms with Crippen LogP contribution in [0.25, 0.3) is 11.5 Å². The van der Waals surface area contributed by atoms with Crippen molar-refractivity contribution in [3.05, 3.63) is 30.1 Å². The first-order chi connectivity index (χ1) is 9.31. The van der Waals surface area contributed by atoms with Crippen LogP contribution in [0.1, 0.15) is 25.7 Å². The van der Waals surface area contributed by atoms with Gasteiger partial charge >= 0.3 is 0 Å². The lowest BCUT2D eigenvalue weighted by atomic mass is 10.1. The van der Waals surface area contributed by atoms with Crippen LogP contribution < -0.4 is 0 Å². The summed E-state index contributed by atoms with van der Waals surface area (Å²) >= 11 is 1.62. The Morgan fingerprint density at radius 2 is 1.89 bits per heavy atom. The highest BCUT2D eigenvalue weighted by molar-refractivity contribution is 7.99. The largest absolute Gasteiger partial charge is 0.411 e. The van der Waals surface area contributed by atoms with Gasteiger partial charge in [-0.3, -0.25) is 0 Å². The molecule has 1 fully saturated rings. The smallest absolute Gasteiger partial charge is 0.276 e. The van der Waals surface area contributed by atoms with Gasteiger partial charge in [0.25, 0.3) is 5.22 Å². The van der Waals surface area contributed by atoms with Gasteiger partial charge in [-0.1, -0.05) is 24.6 Å². The maximum Gasteiger partial charge on any atom is 0.276 e. The Morgan fingerprint density at radius 3 is 2.63 bits per heavy atom. The first-order valence-corrected chi connectivity index (χ1v) is 7.52. The number of hydrogen-bond acceptors (Lipinski definition) is 4. The first-order valence-electron chi connectivity index (χ1n) is 6.53. The van der Waals surface area contributed by atoms with Crippen molar-refractivity contribution in [3.63, 3.8) is 0 Å². The van der Waals surface area contributed by atoms with Gasteiger partial charge in [-0.2, -0.15) is 0 Å². The SMILES string of the molecule is Fc1ccc(-c2nnc(SCC3CCCC3)o2)cc1. The topological polar surface area (TPSA) is 38.9 Å². The molecule has 5 heteroatoms. The zero-order chi connectivity index (χ0) is 13.1. The van der Waals surface area contributed by atoms with Crippen LogP contribution in [0, 0.1) is 11.7 Å². The number of hydrogen-bond donors (Lipinski definition) is 0. The fourth-order valence-electron chi connectivity index (χ4n) is 2.34. The van der Waals surface area contributed by atoms with Crippen LogP contribution in [0.5, 0.6) is 0 Å². The Balaban J connectivity index is 1.63. The molecule has 3 nitrogen and oxygen atoms in total.